The van der Waals surface area contributed by atoms with Crippen LogP contribution in [0.15, 0.2) is 24.3 Å². The minimum Gasteiger partial charge on any atom is -0.480 e. The minimum atomic E-state index is -0.947. The molecule has 1 aromatic carbocycles. The number of H-pyrrole nitrogens is 1. The molecular weight excluding hydrogens is 286 g/mol. The molecule has 8 nitrogen and oxygen atoms in total. The number of nitrogens with one attached hydrogen (secondary N) is 4. The van der Waals surface area contributed by atoms with E-state index in [0.29, 0.717) is 5.82 Å². The Labute approximate surface area is 125 Å². The van der Waals surface area contributed by atoms with Gasteiger partial charge in [-0.25, -0.2) is 15.8 Å². The molecule has 2 fully saturated rings. The lowest BCUT2D eigenvalue weighted by Crippen LogP contribution is -2.53. The van der Waals surface area contributed by atoms with Crippen molar-refractivity contribution >= 4 is 22.9 Å². The summed E-state index contributed by atoms with van der Waals surface area (Å²) in [5, 5.41) is 12.2. The van der Waals surface area contributed by atoms with Crippen molar-refractivity contribution in [2.24, 2.45) is 5.92 Å². The van der Waals surface area contributed by atoms with E-state index in [1.165, 1.54) is 0 Å². The Bertz CT molecular complexity index is 725. The van der Waals surface area contributed by atoms with E-state index >= 15 is 0 Å². The molecule has 1 amide bonds. The number of hydrogen-bond acceptors (Lipinski definition) is 5. The summed E-state index contributed by atoms with van der Waals surface area (Å²) in [4.78, 5) is 31.1. The molecule has 0 aliphatic carbocycles. The van der Waals surface area contributed by atoms with Crippen molar-refractivity contribution < 1.29 is 14.7 Å². The maximum Gasteiger partial charge on any atom is 0.322 e. The van der Waals surface area contributed by atoms with E-state index in [-0.39, 0.29) is 24.2 Å². The van der Waals surface area contributed by atoms with Gasteiger partial charge >= 0.3 is 5.97 Å². The molecule has 4 rings (SSSR count). The monoisotopic (exact) mass is 301 g/mol. The van der Waals surface area contributed by atoms with E-state index in [1.54, 1.807) is 0 Å². The molecule has 114 valence electrons. The van der Waals surface area contributed by atoms with Gasteiger partial charge in [0.1, 0.15) is 11.9 Å². The van der Waals surface area contributed by atoms with Gasteiger partial charge in [-0.05, 0) is 12.1 Å². The lowest BCUT2D eigenvalue weighted by molar-refractivity contribution is -0.141. The summed E-state index contributed by atoms with van der Waals surface area (Å²) in [6, 6.07) is 6.81. The number of fused-ring (bicyclic) bond motifs is 2. The fraction of sp³-hybridized carbons (Fsp3) is 0.357. The quantitative estimate of drug-likeness (QED) is 0.518. The van der Waals surface area contributed by atoms with Gasteiger partial charge in [-0.15, -0.1) is 0 Å². The lowest BCUT2D eigenvalue weighted by Gasteiger charge is -2.33. The molecule has 0 bridgehead atoms. The predicted octanol–water partition coefficient (Wildman–Crippen LogP) is -0.330. The van der Waals surface area contributed by atoms with Crippen LogP contribution >= 0.6 is 0 Å². The molecule has 2 aromatic rings. The highest BCUT2D eigenvalue weighted by atomic mass is 16.4. The molecule has 1 aromatic heterocycles. The van der Waals surface area contributed by atoms with Gasteiger partial charge in [-0.1, -0.05) is 12.1 Å². The number of carbonyl (C=O) groups excluding carboxylic acids is 1. The Morgan fingerprint density at radius 1 is 1.27 bits per heavy atom. The van der Waals surface area contributed by atoms with Crippen LogP contribution in [0.2, 0.25) is 0 Å². The number of aromatic amines is 1. The third kappa shape index (κ3) is 1.96. The van der Waals surface area contributed by atoms with Gasteiger partial charge < -0.3 is 15.4 Å². The van der Waals surface area contributed by atoms with Gasteiger partial charge in [-0.2, -0.15) is 0 Å². The highest BCUT2D eigenvalue weighted by Gasteiger charge is 2.50. The Morgan fingerprint density at radius 2 is 2.09 bits per heavy atom. The topological polar surface area (TPSA) is 119 Å². The number of amides is 1. The number of benzene rings is 1. The second-order valence-electron chi connectivity index (χ2n) is 5.68. The zero-order valence-electron chi connectivity index (χ0n) is 11.5. The van der Waals surface area contributed by atoms with Crippen LogP contribution in [-0.2, 0) is 9.59 Å². The van der Waals surface area contributed by atoms with Gasteiger partial charge in [0.25, 0.3) is 0 Å². The highest BCUT2D eigenvalue weighted by molar-refractivity contribution is 5.81. The number of hydrogen-bond donors (Lipinski definition) is 5. The van der Waals surface area contributed by atoms with E-state index in [1.807, 2.05) is 24.3 Å². The largest absolute Gasteiger partial charge is 0.480 e. The average molecular weight is 301 g/mol. The second kappa shape index (κ2) is 4.79. The normalized spacial score (nSPS) is 31.0. The number of aliphatic carboxylic acids is 1. The standard InChI is InChI=1S/C14H15N5O3/c20-9-5-6(10-11(14(21)22)18-19-13(10)17-9)12-15-7-3-1-2-4-8(7)16-12/h1-4,6,10-11,13,18-19H,5H2,(H,15,16)(H,17,20)(H,21,22). The molecular formula is C14H15N5O3. The zero-order chi connectivity index (χ0) is 15.3. The van der Waals surface area contributed by atoms with Crippen LogP contribution in [0, 0.1) is 5.92 Å². The SMILES string of the molecule is O=C1CC(c2nc3ccccc3[nH]2)C2C(NNC2C(=O)O)N1. The number of rotatable bonds is 2. The minimum absolute atomic E-state index is 0.118. The number of hydrazine groups is 1. The molecule has 4 atom stereocenters. The van der Waals surface area contributed by atoms with Crippen molar-refractivity contribution in [3.63, 3.8) is 0 Å². The summed E-state index contributed by atoms with van der Waals surface area (Å²) in [5.74, 6) is -1.00. The highest BCUT2D eigenvalue weighted by Crippen LogP contribution is 2.36. The number of imidazole rings is 1. The van der Waals surface area contributed by atoms with Crippen LogP contribution in [0.1, 0.15) is 18.2 Å². The summed E-state index contributed by atoms with van der Waals surface area (Å²) < 4.78 is 0. The van der Waals surface area contributed by atoms with E-state index in [2.05, 4.69) is 26.1 Å². The molecule has 2 aliphatic heterocycles. The fourth-order valence-corrected chi connectivity index (χ4v) is 3.38. The molecule has 4 unspecified atom stereocenters. The Hall–Kier alpha value is -2.45. The van der Waals surface area contributed by atoms with Gasteiger partial charge in [0.05, 0.1) is 17.2 Å². The van der Waals surface area contributed by atoms with Crippen LogP contribution in [-0.4, -0.2) is 39.2 Å². The van der Waals surface area contributed by atoms with Crippen molar-refractivity contribution in [3.05, 3.63) is 30.1 Å². The molecule has 0 radical (unpaired) electrons. The van der Waals surface area contributed by atoms with Gasteiger partial charge in [0.15, 0.2) is 0 Å². The van der Waals surface area contributed by atoms with Crippen molar-refractivity contribution in [2.45, 2.75) is 24.5 Å². The second-order valence-corrected chi connectivity index (χ2v) is 5.68. The first-order valence-electron chi connectivity index (χ1n) is 7.11. The number of carboxylic acids is 1. The number of carbonyl (C=O) groups is 2. The summed E-state index contributed by atoms with van der Waals surface area (Å²) in [5.41, 5.74) is 7.29. The maximum absolute atomic E-state index is 11.9. The molecule has 0 saturated carbocycles. The van der Waals surface area contributed by atoms with Crippen molar-refractivity contribution in [2.75, 3.05) is 0 Å². The number of nitrogens with zero attached hydrogens (tertiary/aromatic N) is 1. The number of piperidine rings is 1. The van der Waals surface area contributed by atoms with E-state index in [4.69, 9.17) is 0 Å². The van der Waals surface area contributed by atoms with Gasteiger partial charge in [0, 0.05) is 18.3 Å². The first-order valence-corrected chi connectivity index (χ1v) is 7.11. The number of aromatic nitrogens is 2. The van der Waals surface area contributed by atoms with Crippen molar-refractivity contribution in [1.29, 1.82) is 0 Å². The molecule has 22 heavy (non-hydrogen) atoms. The number of para-hydroxylation sites is 2. The van der Waals surface area contributed by atoms with Crippen molar-refractivity contribution in [3.8, 4) is 0 Å². The smallest absolute Gasteiger partial charge is 0.322 e. The van der Waals surface area contributed by atoms with Crippen LogP contribution in [0.3, 0.4) is 0 Å². The summed E-state index contributed by atoms with van der Waals surface area (Å²) >= 11 is 0. The summed E-state index contributed by atoms with van der Waals surface area (Å²) in [7, 11) is 0. The zero-order valence-corrected chi connectivity index (χ0v) is 11.5. The Balaban J connectivity index is 1.76. The van der Waals surface area contributed by atoms with E-state index in [9.17, 15) is 14.7 Å². The third-order valence-electron chi connectivity index (χ3n) is 4.38. The fourth-order valence-electron chi connectivity index (χ4n) is 3.38. The van der Waals surface area contributed by atoms with Crippen molar-refractivity contribution in [1.82, 2.24) is 26.1 Å². The maximum atomic E-state index is 11.9. The lowest BCUT2D eigenvalue weighted by atomic mass is 9.79. The summed E-state index contributed by atoms with van der Waals surface area (Å²) in [6.07, 6.45) is -0.200. The average Bonchev–Trinajstić information content (AvgIpc) is 3.09. The third-order valence-corrected chi connectivity index (χ3v) is 4.38. The van der Waals surface area contributed by atoms with E-state index in [0.717, 1.165) is 11.0 Å². The van der Waals surface area contributed by atoms with E-state index < -0.39 is 18.2 Å². The van der Waals surface area contributed by atoms with Crippen LogP contribution < -0.4 is 16.2 Å². The van der Waals surface area contributed by atoms with Gasteiger partial charge in [0.2, 0.25) is 5.91 Å². The molecule has 0 spiro atoms. The molecule has 2 aliphatic rings. The van der Waals surface area contributed by atoms with Crippen LogP contribution in [0.4, 0.5) is 0 Å². The first kappa shape index (κ1) is 13.2. The number of carboxylic acid groups (broad SMARTS) is 1. The summed E-state index contributed by atoms with van der Waals surface area (Å²) in [6.45, 7) is 0. The van der Waals surface area contributed by atoms with Crippen LogP contribution in [0.25, 0.3) is 11.0 Å². The Kier molecular flexibility index (Phi) is 2.88. The molecule has 2 saturated heterocycles. The Morgan fingerprint density at radius 3 is 2.86 bits per heavy atom. The molecule has 5 N–H and O–H groups in total. The van der Waals surface area contributed by atoms with Gasteiger partial charge in [-0.3, -0.25) is 9.59 Å². The first-order chi connectivity index (χ1) is 10.6. The predicted molar refractivity (Wildman–Crippen MR) is 76.6 cm³/mol. The van der Waals surface area contributed by atoms with Crippen LogP contribution in [0.5, 0.6) is 0 Å². The molecule has 8 heteroatoms. The molecule has 3 heterocycles.